The second kappa shape index (κ2) is 17.9. The van der Waals surface area contributed by atoms with Crippen molar-refractivity contribution in [2.45, 2.75) is 63.1 Å². The lowest BCUT2D eigenvalue weighted by atomic mass is 10.0. The van der Waals surface area contributed by atoms with Crippen LogP contribution in [0.15, 0.2) is 122 Å². The standard InChI is InChI=1S/C48H54N8O3/c1-53(2)43(36-15-7-5-8-16-36)47(57)55-26-12-20-41(55)45-49-29-39(51-45)35-24-22-33(23-25-35)31-59-32-34-14-11-19-38(28-34)40-30-50-46(52-40)42-21-13-27-56(42)48(58)44(54(3)4)37-17-9-6-10-18-37/h5-11,14-19,22-25,28-30,41-44H,12-13,20-21,26-27,31-32H2,1-4H3,(H,49,51)(H,50,52). The highest BCUT2D eigenvalue weighted by Gasteiger charge is 2.38. The molecule has 2 aliphatic rings. The number of nitrogens with one attached hydrogen (secondary N) is 2. The summed E-state index contributed by atoms with van der Waals surface area (Å²) in [6.45, 7) is 2.37. The highest BCUT2D eigenvalue weighted by atomic mass is 16.5. The number of ether oxygens (including phenoxy) is 1. The normalized spacial score (nSPS) is 17.9. The molecule has 4 aromatic carbocycles. The van der Waals surface area contributed by atoms with Gasteiger partial charge in [-0.25, -0.2) is 9.97 Å². The lowest BCUT2D eigenvalue weighted by Gasteiger charge is -2.31. The van der Waals surface area contributed by atoms with E-state index >= 15 is 0 Å². The van der Waals surface area contributed by atoms with E-state index in [1.54, 1.807) is 0 Å². The number of nitrogens with zero attached hydrogens (tertiary/aromatic N) is 6. The Hall–Kier alpha value is -5.88. The molecule has 2 N–H and O–H groups in total. The molecule has 4 atom stereocenters. The Morgan fingerprint density at radius 3 is 1.63 bits per heavy atom. The highest BCUT2D eigenvalue weighted by molar-refractivity contribution is 5.84. The molecule has 0 aliphatic carbocycles. The largest absolute Gasteiger partial charge is 0.372 e. The molecule has 304 valence electrons. The Morgan fingerprint density at radius 1 is 0.627 bits per heavy atom. The summed E-state index contributed by atoms with van der Waals surface area (Å²) in [5.74, 6) is 1.85. The SMILES string of the molecule is CN(C)C(C(=O)N1CCCC1c1ncc(-c2ccc(COCc3cccc(-c4cnc(C5CCCN5C(=O)C(c5ccccc5)N(C)C)[nH]4)c3)cc2)[nH]1)c1ccccc1. The Kier molecular flexibility index (Phi) is 12.1. The number of amides is 2. The minimum atomic E-state index is -0.347. The van der Waals surface area contributed by atoms with Gasteiger partial charge < -0.3 is 24.5 Å². The number of benzene rings is 4. The second-order valence-electron chi connectivity index (χ2n) is 16.2. The number of aromatic amines is 2. The third-order valence-electron chi connectivity index (χ3n) is 11.7. The molecule has 59 heavy (non-hydrogen) atoms. The van der Waals surface area contributed by atoms with Gasteiger partial charge in [0.15, 0.2) is 0 Å². The van der Waals surface area contributed by atoms with Crippen molar-refractivity contribution in [1.29, 1.82) is 0 Å². The van der Waals surface area contributed by atoms with Crippen molar-refractivity contribution in [1.82, 2.24) is 39.5 Å². The first-order valence-corrected chi connectivity index (χ1v) is 20.6. The number of H-pyrrole nitrogens is 2. The fourth-order valence-electron chi connectivity index (χ4n) is 8.74. The second-order valence-corrected chi connectivity index (χ2v) is 16.2. The number of carbonyl (C=O) groups is 2. The van der Waals surface area contributed by atoms with Crippen molar-refractivity contribution >= 4 is 11.8 Å². The van der Waals surface area contributed by atoms with E-state index in [9.17, 15) is 9.59 Å². The smallest absolute Gasteiger partial charge is 0.245 e. The number of hydrogen-bond acceptors (Lipinski definition) is 7. The third kappa shape index (κ3) is 8.78. The van der Waals surface area contributed by atoms with Crippen LogP contribution in [0.25, 0.3) is 22.5 Å². The van der Waals surface area contributed by atoms with Gasteiger partial charge in [-0.1, -0.05) is 103 Å². The van der Waals surface area contributed by atoms with Gasteiger partial charge in [0.05, 0.1) is 49.1 Å². The first-order valence-electron chi connectivity index (χ1n) is 20.6. The number of imidazole rings is 2. The lowest BCUT2D eigenvalue weighted by Crippen LogP contribution is -2.40. The average molecular weight is 791 g/mol. The lowest BCUT2D eigenvalue weighted by molar-refractivity contribution is -0.138. The van der Waals surface area contributed by atoms with Crippen LogP contribution in [0.4, 0.5) is 0 Å². The molecule has 2 amide bonds. The van der Waals surface area contributed by atoms with Crippen LogP contribution in [-0.2, 0) is 27.5 Å². The van der Waals surface area contributed by atoms with E-state index in [2.05, 4.69) is 52.4 Å². The summed E-state index contributed by atoms with van der Waals surface area (Å²) in [5.41, 5.74) is 8.03. The molecular weight excluding hydrogens is 737 g/mol. The van der Waals surface area contributed by atoms with Crippen LogP contribution in [0.2, 0.25) is 0 Å². The first-order chi connectivity index (χ1) is 28.7. The van der Waals surface area contributed by atoms with Crippen molar-refractivity contribution in [3.63, 3.8) is 0 Å². The Balaban J connectivity index is 0.865. The van der Waals surface area contributed by atoms with E-state index in [0.717, 1.165) is 88.6 Å². The molecule has 11 heteroatoms. The van der Waals surface area contributed by atoms with Crippen LogP contribution in [0, 0.1) is 0 Å². The Morgan fingerprint density at radius 2 is 1.12 bits per heavy atom. The molecule has 6 aromatic rings. The van der Waals surface area contributed by atoms with Crippen molar-refractivity contribution < 1.29 is 14.3 Å². The average Bonchev–Trinajstić information content (AvgIpc) is 4.09. The zero-order chi connectivity index (χ0) is 40.9. The fraction of sp³-hybridized carbons (Fsp3) is 0.333. The summed E-state index contributed by atoms with van der Waals surface area (Å²) in [6.07, 6.45) is 7.38. The van der Waals surface area contributed by atoms with Crippen molar-refractivity contribution in [3.05, 3.63) is 155 Å². The third-order valence-corrected chi connectivity index (χ3v) is 11.7. The van der Waals surface area contributed by atoms with Gasteiger partial charge >= 0.3 is 0 Å². The van der Waals surface area contributed by atoms with Gasteiger partial charge in [-0.05, 0) is 93.3 Å². The number of rotatable bonds is 14. The molecule has 4 unspecified atom stereocenters. The van der Waals surface area contributed by atoms with Crippen LogP contribution in [0.3, 0.4) is 0 Å². The number of likely N-dealkylation sites (tertiary alicyclic amines) is 2. The van der Waals surface area contributed by atoms with Gasteiger partial charge in [-0.15, -0.1) is 0 Å². The molecule has 2 saturated heterocycles. The molecule has 4 heterocycles. The summed E-state index contributed by atoms with van der Waals surface area (Å²) in [5, 5.41) is 0. The zero-order valence-corrected chi connectivity index (χ0v) is 34.4. The first kappa shape index (κ1) is 39.9. The predicted molar refractivity (Wildman–Crippen MR) is 230 cm³/mol. The quantitative estimate of drug-likeness (QED) is 0.115. The molecule has 8 rings (SSSR count). The minimum Gasteiger partial charge on any atom is -0.372 e. The van der Waals surface area contributed by atoms with Crippen molar-refractivity contribution in [2.24, 2.45) is 0 Å². The van der Waals surface area contributed by atoms with E-state index in [0.29, 0.717) is 19.8 Å². The summed E-state index contributed by atoms with van der Waals surface area (Å²) >= 11 is 0. The van der Waals surface area contributed by atoms with E-state index in [4.69, 9.17) is 14.7 Å². The van der Waals surface area contributed by atoms with Crippen LogP contribution in [0.1, 0.15) is 83.8 Å². The van der Waals surface area contributed by atoms with Crippen LogP contribution in [-0.4, -0.2) is 92.6 Å². The maximum Gasteiger partial charge on any atom is 0.245 e. The summed E-state index contributed by atoms with van der Waals surface area (Å²) < 4.78 is 6.19. The fourth-order valence-corrected chi connectivity index (χ4v) is 8.74. The van der Waals surface area contributed by atoms with E-state index < -0.39 is 0 Å². The van der Waals surface area contributed by atoms with E-state index in [1.807, 2.05) is 127 Å². The molecule has 2 aromatic heterocycles. The van der Waals surface area contributed by atoms with Crippen LogP contribution < -0.4 is 0 Å². The van der Waals surface area contributed by atoms with E-state index in [-0.39, 0.29) is 36.0 Å². The molecular formula is C48H54N8O3. The Bertz CT molecular complexity index is 2320. The molecule has 2 fully saturated rings. The molecule has 0 spiro atoms. The molecule has 2 aliphatic heterocycles. The number of likely N-dealkylation sites (N-methyl/N-ethyl adjacent to an activating group) is 2. The van der Waals surface area contributed by atoms with Gasteiger partial charge in [-0.2, -0.15) is 0 Å². The maximum absolute atomic E-state index is 13.9. The van der Waals surface area contributed by atoms with Gasteiger partial charge in [0.1, 0.15) is 23.7 Å². The highest BCUT2D eigenvalue weighted by Crippen LogP contribution is 2.37. The zero-order valence-electron chi connectivity index (χ0n) is 34.4. The summed E-state index contributed by atoms with van der Waals surface area (Å²) in [7, 11) is 7.83. The van der Waals surface area contributed by atoms with Crippen LogP contribution in [0.5, 0.6) is 0 Å². The molecule has 0 bridgehead atoms. The topological polar surface area (TPSA) is 114 Å². The Labute approximate surface area is 347 Å². The molecule has 0 saturated carbocycles. The number of carbonyl (C=O) groups excluding carboxylic acids is 2. The monoisotopic (exact) mass is 790 g/mol. The van der Waals surface area contributed by atoms with E-state index in [1.165, 1.54) is 0 Å². The van der Waals surface area contributed by atoms with Gasteiger partial charge in [0, 0.05) is 13.1 Å². The molecule has 0 radical (unpaired) electrons. The number of aromatic nitrogens is 4. The van der Waals surface area contributed by atoms with Crippen molar-refractivity contribution in [2.75, 3.05) is 41.3 Å². The van der Waals surface area contributed by atoms with Crippen molar-refractivity contribution in [3.8, 4) is 22.5 Å². The van der Waals surface area contributed by atoms with Gasteiger partial charge in [0.2, 0.25) is 11.8 Å². The minimum absolute atomic E-state index is 0.0846. The van der Waals surface area contributed by atoms with Gasteiger partial charge in [0.25, 0.3) is 0 Å². The number of hydrogen-bond donors (Lipinski definition) is 2. The van der Waals surface area contributed by atoms with Gasteiger partial charge in [-0.3, -0.25) is 19.4 Å². The summed E-state index contributed by atoms with van der Waals surface area (Å²) in [4.78, 5) is 52.4. The van der Waals surface area contributed by atoms with Crippen LogP contribution >= 0.6 is 0 Å². The summed E-state index contributed by atoms with van der Waals surface area (Å²) in [6, 6.07) is 35.8. The predicted octanol–water partition coefficient (Wildman–Crippen LogP) is 8.12. The molecule has 11 nitrogen and oxygen atoms in total. The maximum atomic E-state index is 13.9.